The summed E-state index contributed by atoms with van der Waals surface area (Å²) in [5, 5.41) is 2.84. The van der Waals surface area contributed by atoms with Crippen molar-refractivity contribution in [3.8, 4) is 11.5 Å². The number of hydrogen-bond donors (Lipinski definition) is 1. The van der Waals surface area contributed by atoms with Gasteiger partial charge >= 0.3 is 0 Å². The Labute approximate surface area is 177 Å². The third-order valence-corrected chi connectivity index (χ3v) is 7.47. The van der Waals surface area contributed by atoms with Gasteiger partial charge in [0.1, 0.15) is 0 Å². The summed E-state index contributed by atoms with van der Waals surface area (Å²) in [6, 6.07) is 13.7. The Hall–Kier alpha value is -2.58. The molecule has 1 aliphatic heterocycles. The van der Waals surface area contributed by atoms with Gasteiger partial charge in [-0.25, -0.2) is 8.42 Å². The van der Waals surface area contributed by atoms with E-state index < -0.39 is 10.0 Å². The van der Waals surface area contributed by atoms with Crippen molar-refractivity contribution >= 4 is 15.9 Å². The average Bonchev–Trinajstić information content (AvgIpc) is 3.25. The SMILES string of the molecule is O=C(CN(C1CCCCC1)S(=O)(=O)c1ccccc1)NCc1ccc2c(c1)OCO2. The van der Waals surface area contributed by atoms with Crippen molar-refractivity contribution in [1.82, 2.24) is 9.62 Å². The zero-order valence-electron chi connectivity index (χ0n) is 16.7. The highest BCUT2D eigenvalue weighted by Gasteiger charge is 2.33. The van der Waals surface area contributed by atoms with E-state index in [4.69, 9.17) is 9.47 Å². The highest BCUT2D eigenvalue weighted by molar-refractivity contribution is 7.89. The first-order valence-electron chi connectivity index (χ1n) is 10.3. The summed E-state index contributed by atoms with van der Waals surface area (Å²) >= 11 is 0. The van der Waals surface area contributed by atoms with Crippen molar-refractivity contribution in [2.45, 2.75) is 49.6 Å². The van der Waals surface area contributed by atoms with Gasteiger partial charge in [0.15, 0.2) is 11.5 Å². The van der Waals surface area contributed by atoms with Gasteiger partial charge in [-0.15, -0.1) is 0 Å². The van der Waals surface area contributed by atoms with Gasteiger partial charge in [-0.2, -0.15) is 4.31 Å². The standard InChI is InChI=1S/C22H26N2O5S/c25-22(23-14-17-11-12-20-21(13-17)29-16-28-20)15-24(18-7-3-1-4-8-18)30(26,27)19-9-5-2-6-10-19/h2,5-6,9-13,18H,1,3-4,7-8,14-16H2,(H,23,25). The molecule has 4 rings (SSSR count). The third-order valence-electron chi connectivity index (χ3n) is 5.56. The molecule has 0 radical (unpaired) electrons. The molecule has 2 aromatic rings. The molecular weight excluding hydrogens is 404 g/mol. The molecule has 1 heterocycles. The van der Waals surface area contributed by atoms with Crippen molar-refractivity contribution in [3.63, 3.8) is 0 Å². The van der Waals surface area contributed by atoms with Crippen molar-refractivity contribution in [1.29, 1.82) is 0 Å². The molecule has 7 nitrogen and oxygen atoms in total. The Morgan fingerprint density at radius 3 is 2.50 bits per heavy atom. The second-order valence-electron chi connectivity index (χ2n) is 7.62. The number of nitrogens with one attached hydrogen (secondary N) is 1. The van der Waals surface area contributed by atoms with Crippen LogP contribution in [0.4, 0.5) is 0 Å². The van der Waals surface area contributed by atoms with Crippen molar-refractivity contribution in [2.24, 2.45) is 0 Å². The molecule has 2 aliphatic rings. The summed E-state index contributed by atoms with van der Waals surface area (Å²) in [7, 11) is -3.75. The van der Waals surface area contributed by atoms with E-state index >= 15 is 0 Å². The molecule has 1 N–H and O–H groups in total. The number of sulfonamides is 1. The van der Waals surface area contributed by atoms with Crippen molar-refractivity contribution in [3.05, 3.63) is 54.1 Å². The van der Waals surface area contributed by atoms with E-state index in [1.165, 1.54) is 4.31 Å². The molecule has 1 saturated carbocycles. The Morgan fingerprint density at radius 2 is 1.73 bits per heavy atom. The van der Waals surface area contributed by atoms with Crippen LogP contribution in [0.2, 0.25) is 0 Å². The third kappa shape index (κ3) is 4.60. The topological polar surface area (TPSA) is 84.9 Å². The Bertz CT molecular complexity index is 988. The molecule has 0 spiro atoms. The second kappa shape index (κ2) is 9.06. The predicted molar refractivity (Wildman–Crippen MR) is 112 cm³/mol. The number of benzene rings is 2. The van der Waals surface area contributed by atoms with Gasteiger partial charge in [-0.1, -0.05) is 43.5 Å². The molecule has 1 amide bonds. The molecule has 0 aromatic heterocycles. The van der Waals surface area contributed by atoms with Gasteiger partial charge in [-0.3, -0.25) is 4.79 Å². The van der Waals surface area contributed by atoms with Crippen LogP contribution in [0.25, 0.3) is 0 Å². The maximum atomic E-state index is 13.3. The first-order valence-corrected chi connectivity index (χ1v) is 11.7. The molecule has 160 valence electrons. The summed E-state index contributed by atoms with van der Waals surface area (Å²) in [5.74, 6) is 1.01. The number of fused-ring (bicyclic) bond motifs is 1. The Morgan fingerprint density at radius 1 is 1.00 bits per heavy atom. The summed E-state index contributed by atoms with van der Waals surface area (Å²) in [4.78, 5) is 12.9. The Balaban J connectivity index is 1.46. The van der Waals surface area contributed by atoms with Crippen molar-refractivity contribution in [2.75, 3.05) is 13.3 Å². The molecular formula is C22H26N2O5S. The minimum atomic E-state index is -3.75. The lowest BCUT2D eigenvalue weighted by Gasteiger charge is -2.33. The van der Waals surface area contributed by atoms with Crippen LogP contribution in [-0.4, -0.2) is 38.0 Å². The summed E-state index contributed by atoms with van der Waals surface area (Å²) in [6.45, 7) is 0.296. The Kier molecular flexibility index (Phi) is 6.24. The first-order chi connectivity index (χ1) is 14.5. The highest BCUT2D eigenvalue weighted by atomic mass is 32.2. The lowest BCUT2D eigenvalue weighted by Crippen LogP contribution is -2.46. The minimum absolute atomic E-state index is 0.153. The molecule has 0 saturated heterocycles. The fraction of sp³-hybridized carbons (Fsp3) is 0.409. The van der Waals surface area contributed by atoms with Gasteiger partial charge < -0.3 is 14.8 Å². The van der Waals surface area contributed by atoms with Crippen LogP contribution in [0.15, 0.2) is 53.4 Å². The van der Waals surface area contributed by atoms with E-state index in [1.54, 1.807) is 36.4 Å². The van der Waals surface area contributed by atoms with Gasteiger partial charge in [0.05, 0.1) is 11.4 Å². The predicted octanol–water partition coefficient (Wildman–Crippen LogP) is 3.06. The van der Waals surface area contributed by atoms with Crippen LogP contribution in [0.3, 0.4) is 0 Å². The molecule has 1 fully saturated rings. The molecule has 0 atom stereocenters. The molecule has 1 aliphatic carbocycles. The highest BCUT2D eigenvalue weighted by Crippen LogP contribution is 2.32. The van der Waals surface area contributed by atoms with Crippen LogP contribution >= 0.6 is 0 Å². The zero-order valence-corrected chi connectivity index (χ0v) is 17.6. The molecule has 8 heteroatoms. The number of rotatable bonds is 7. The van der Waals surface area contributed by atoms with Gasteiger partial charge in [0.25, 0.3) is 0 Å². The molecule has 30 heavy (non-hydrogen) atoms. The van der Waals surface area contributed by atoms with E-state index in [0.29, 0.717) is 18.0 Å². The number of nitrogens with zero attached hydrogens (tertiary/aromatic N) is 1. The van der Waals surface area contributed by atoms with Crippen LogP contribution < -0.4 is 14.8 Å². The fourth-order valence-corrected chi connectivity index (χ4v) is 5.62. The zero-order chi connectivity index (χ0) is 21.0. The van der Waals surface area contributed by atoms with Crippen LogP contribution in [0.1, 0.15) is 37.7 Å². The summed E-state index contributed by atoms with van der Waals surface area (Å²) in [6.07, 6.45) is 4.61. The van der Waals surface area contributed by atoms with E-state index in [-0.39, 0.29) is 30.2 Å². The van der Waals surface area contributed by atoms with E-state index in [1.807, 2.05) is 12.1 Å². The van der Waals surface area contributed by atoms with Gasteiger partial charge in [0, 0.05) is 12.6 Å². The fourth-order valence-electron chi connectivity index (χ4n) is 3.96. The summed E-state index contributed by atoms with van der Waals surface area (Å²) < 4.78 is 38.6. The molecule has 0 bridgehead atoms. The average molecular weight is 431 g/mol. The maximum absolute atomic E-state index is 13.3. The normalized spacial score (nSPS) is 16.6. The lowest BCUT2D eigenvalue weighted by molar-refractivity contribution is -0.121. The molecule has 0 unspecified atom stereocenters. The van der Waals surface area contributed by atoms with Gasteiger partial charge in [-0.05, 0) is 42.7 Å². The van der Waals surface area contributed by atoms with Crippen LogP contribution in [0.5, 0.6) is 11.5 Å². The largest absolute Gasteiger partial charge is 0.454 e. The monoisotopic (exact) mass is 430 g/mol. The van der Waals surface area contributed by atoms with Gasteiger partial charge in [0.2, 0.25) is 22.7 Å². The smallest absolute Gasteiger partial charge is 0.243 e. The molecule has 2 aromatic carbocycles. The number of hydrogen-bond acceptors (Lipinski definition) is 5. The number of ether oxygens (including phenoxy) is 2. The van der Waals surface area contributed by atoms with Crippen molar-refractivity contribution < 1.29 is 22.7 Å². The number of amides is 1. The quantitative estimate of drug-likeness (QED) is 0.730. The van der Waals surface area contributed by atoms with E-state index in [0.717, 1.165) is 37.7 Å². The first kappa shape index (κ1) is 20.7. The lowest BCUT2D eigenvalue weighted by atomic mass is 9.95. The van der Waals surface area contributed by atoms with Crippen LogP contribution in [0, 0.1) is 0 Å². The summed E-state index contributed by atoms with van der Waals surface area (Å²) in [5.41, 5.74) is 0.864. The van der Waals surface area contributed by atoms with Crippen LogP contribution in [-0.2, 0) is 21.4 Å². The maximum Gasteiger partial charge on any atom is 0.243 e. The van der Waals surface area contributed by atoms with E-state index in [2.05, 4.69) is 5.32 Å². The van der Waals surface area contributed by atoms with E-state index in [9.17, 15) is 13.2 Å². The minimum Gasteiger partial charge on any atom is -0.454 e. The number of carbonyl (C=O) groups excluding carboxylic acids is 1. The number of carbonyl (C=O) groups is 1. The second-order valence-corrected chi connectivity index (χ2v) is 9.51.